The quantitative estimate of drug-likeness (QED) is 0.205. The van der Waals surface area contributed by atoms with Gasteiger partial charge in [0.05, 0.1) is 12.6 Å². The Bertz CT molecular complexity index is 416. The fourth-order valence-corrected chi connectivity index (χ4v) is 3.54. The predicted molar refractivity (Wildman–Crippen MR) is 122 cm³/mol. The average molecular weight is 430 g/mol. The normalized spacial score (nSPS) is 13.2. The van der Waals surface area contributed by atoms with Crippen LogP contribution in [0.4, 0.5) is 0 Å². The molecule has 0 aromatic carbocycles. The molecule has 0 heterocycles. The molecule has 0 aliphatic carbocycles. The molecule has 0 aromatic heterocycles. The molecule has 1 unspecified atom stereocenters. The molecule has 6 heteroatoms. The first-order valence-electron chi connectivity index (χ1n) is 12.3. The van der Waals surface area contributed by atoms with Gasteiger partial charge in [0, 0.05) is 0 Å². The average Bonchev–Trinajstić information content (AvgIpc) is 2.72. The number of aliphatic hydroxyl groups is 1. The number of carboxylic acid groups (broad SMARTS) is 1. The lowest BCUT2D eigenvalue weighted by atomic mass is 10.0. The van der Waals surface area contributed by atoms with Crippen molar-refractivity contribution in [3.05, 3.63) is 0 Å². The molecule has 0 saturated heterocycles. The third kappa shape index (κ3) is 18.9. The number of rotatable bonds is 22. The highest BCUT2D eigenvalue weighted by Crippen LogP contribution is 2.13. The van der Waals surface area contributed by atoms with E-state index in [4.69, 9.17) is 9.84 Å². The molecule has 0 radical (unpaired) electrons. The number of hydrogen-bond donors (Lipinski definition) is 3. The van der Waals surface area contributed by atoms with E-state index in [2.05, 4.69) is 19.2 Å². The van der Waals surface area contributed by atoms with Crippen LogP contribution in [0, 0.1) is 0 Å². The Balaban J connectivity index is 3.77. The SMILES string of the molecule is CCCCCCCCCCCCCC[C@H](O)C(=O)NC(CCCC)COCC(=O)O. The summed E-state index contributed by atoms with van der Waals surface area (Å²) in [5.41, 5.74) is 0. The van der Waals surface area contributed by atoms with E-state index < -0.39 is 12.1 Å². The molecule has 178 valence electrons. The summed E-state index contributed by atoms with van der Waals surface area (Å²) in [5.74, 6) is -1.40. The topological polar surface area (TPSA) is 95.9 Å². The summed E-state index contributed by atoms with van der Waals surface area (Å²) in [7, 11) is 0. The van der Waals surface area contributed by atoms with Crippen molar-refractivity contribution in [1.82, 2.24) is 5.32 Å². The van der Waals surface area contributed by atoms with Crippen molar-refractivity contribution in [3.8, 4) is 0 Å². The molecule has 0 aliphatic rings. The standard InChI is InChI=1S/C24H47NO5/c1-3-5-7-8-9-10-11-12-13-14-15-16-18-22(26)24(29)25-21(17-6-4-2)19-30-20-23(27)28/h21-22,26H,3-20H2,1-2H3,(H,25,29)(H,27,28)/t21?,22-/m0/s1. The lowest BCUT2D eigenvalue weighted by molar-refractivity contribution is -0.142. The van der Waals surface area contributed by atoms with E-state index in [1.54, 1.807) is 0 Å². The summed E-state index contributed by atoms with van der Waals surface area (Å²) in [5, 5.41) is 21.6. The second kappa shape index (κ2) is 21.1. The fraction of sp³-hybridized carbons (Fsp3) is 0.917. The van der Waals surface area contributed by atoms with E-state index in [1.165, 1.54) is 57.8 Å². The second-order valence-corrected chi connectivity index (χ2v) is 8.45. The van der Waals surface area contributed by atoms with Crippen LogP contribution in [0.15, 0.2) is 0 Å². The van der Waals surface area contributed by atoms with Crippen molar-refractivity contribution in [2.24, 2.45) is 0 Å². The monoisotopic (exact) mass is 429 g/mol. The van der Waals surface area contributed by atoms with Crippen molar-refractivity contribution in [2.45, 2.75) is 129 Å². The van der Waals surface area contributed by atoms with Gasteiger partial charge in [-0.2, -0.15) is 0 Å². The van der Waals surface area contributed by atoms with Crippen LogP contribution < -0.4 is 5.32 Å². The van der Waals surface area contributed by atoms with Crippen molar-refractivity contribution < 1.29 is 24.5 Å². The largest absolute Gasteiger partial charge is 0.480 e. The Morgan fingerprint density at radius 2 is 1.27 bits per heavy atom. The Hall–Kier alpha value is -1.14. The molecule has 3 N–H and O–H groups in total. The first kappa shape index (κ1) is 28.9. The zero-order valence-electron chi connectivity index (χ0n) is 19.5. The molecule has 6 nitrogen and oxygen atoms in total. The van der Waals surface area contributed by atoms with Crippen molar-refractivity contribution in [2.75, 3.05) is 13.2 Å². The summed E-state index contributed by atoms with van der Waals surface area (Å²) in [6.45, 7) is 4.08. The fourth-order valence-electron chi connectivity index (χ4n) is 3.54. The minimum atomic E-state index is -1.03. The van der Waals surface area contributed by atoms with Gasteiger partial charge < -0.3 is 20.3 Å². The smallest absolute Gasteiger partial charge is 0.329 e. The highest BCUT2D eigenvalue weighted by molar-refractivity contribution is 5.80. The van der Waals surface area contributed by atoms with E-state index in [0.29, 0.717) is 12.8 Å². The molecule has 0 spiro atoms. The number of unbranched alkanes of at least 4 members (excludes halogenated alkanes) is 12. The minimum Gasteiger partial charge on any atom is -0.480 e. The second-order valence-electron chi connectivity index (χ2n) is 8.45. The number of aliphatic hydroxyl groups excluding tert-OH is 1. The van der Waals surface area contributed by atoms with Crippen LogP contribution in [0.2, 0.25) is 0 Å². The van der Waals surface area contributed by atoms with Crippen molar-refractivity contribution in [3.63, 3.8) is 0 Å². The van der Waals surface area contributed by atoms with Gasteiger partial charge in [-0.1, -0.05) is 104 Å². The molecule has 1 amide bonds. The van der Waals surface area contributed by atoms with Crippen LogP contribution >= 0.6 is 0 Å². The Kier molecular flexibility index (Phi) is 20.3. The number of carbonyl (C=O) groups is 2. The Morgan fingerprint density at radius 1 is 0.767 bits per heavy atom. The van der Waals surface area contributed by atoms with Crippen molar-refractivity contribution >= 4 is 11.9 Å². The highest BCUT2D eigenvalue weighted by Gasteiger charge is 2.19. The maximum atomic E-state index is 12.2. The molecule has 2 atom stereocenters. The van der Waals surface area contributed by atoms with E-state index in [9.17, 15) is 14.7 Å². The lowest BCUT2D eigenvalue weighted by Gasteiger charge is -2.20. The number of aliphatic carboxylic acids is 1. The van der Waals surface area contributed by atoms with Crippen molar-refractivity contribution in [1.29, 1.82) is 0 Å². The van der Waals surface area contributed by atoms with E-state index >= 15 is 0 Å². The van der Waals surface area contributed by atoms with Crippen LogP contribution in [0.25, 0.3) is 0 Å². The minimum absolute atomic E-state index is 0.156. The summed E-state index contributed by atoms with van der Waals surface area (Å²) >= 11 is 0. The van der Waals surface area contributed by atoms with Gasteiger partial charge in [0.25, 0.3) is 0 Å². The van der Waals surface area contributed by atoms with Crippen LogP contribution in [0.5, 0.6) is 0 Å². The zero-order chi connectivity index (χ0) is 22.5. The number of ether oxygens (including phenoxy) is 1. The summed E-state index contributed by atoms with van der Waals surface area (Å²) < 4.78 is 5.12. The van der Waals surface area contributed by atoms with E-state index in [1.807, 2.05) is 0 Å². The maximum absolute atomic E-state index is 12.2. The molecule has 30 heavy (non-hydrogen) atoms. The molecule has 0 aliphatic heterocycles. The van der Waals surface area contributed by atoms with Gasteiger partial charge in [0.2, 0.25) is 5.91 Å². The maximum Gasteiger partial charge on any atom is 0.329 e. The van der Waals surface area contributed by atoms with Gasteiger partial charge in [0.15, 0.2) is 0 Å². The molecule has 0 bridgehead atoms. The van der Waals surface area contributed by atoms with E-state index in [0.717, 1.165) is 32.1 Å². The third-order valence-electron chi connectivity index (χ3n) is 5.43. The van der Waals surface area contributed by atoms with Gasteiger partial charge in [-0.05, 0) is 12.8 Å². The number of carbonyl (C=O) groups excluding carboxylic acids is 1. The molecule has 0 fully saturated rings. The molecule has 0 rings (SSSR count). The summed E-state index contributed by atoms with van der Waals surface area (Å²) in [4.78, 5) is 22.8. The van der Waals surface area contributed by atoms with Crippen LogP contribution in [0.3, 0.4) is 0 Å². The highest BCUT2D eigenvalue weighted by atomic mass is 16.5. The molecule has 0 saturated carbocycles. The Labute approximate surface area is 184 Å². The zero-order valence-corrected chi connectivity index (χ0v) is 19.5. The number of nitrogens with one attached hydrogen (secondary N) is 1. The Morgan fingerprint density at radius 3 is 1.77 bits per heavy atom. The summed E-state index contributed by atoms with van der Waals surface area (Å²) in [6, 6.07) is -0.256. The summed E-state index contributed by atoms with van der Waals surface area (Å²) in [6.07, 6.45) is 17.1. The van der Waals surface area contributed by atoms with Gasteiger partial charge >= 0.3 is 5.97 Å². The number of carboxylic acids is 1. The van der Waals surface area contributed by atoms with Gasteiger partial charge in [-0.15, -0.1) is 0 Å². The van der Waals surface area contributed by atoms with Gasteiger partial charge in [-0.25, -0.2) is 4.79 Å². The van der Waals surface area contributed by atoms with Crippen LogP contribution in [-0.2, 0) is 14.3 Å². The lowest BCUT2D eigenvalue weighted by Crippen LogP contribution is -2.44. The predicted octanol–water partition coefficient (Wildman–Crippen LogP) is 5.21. The molecular weight excluding hydrogens is 382 g/mol. The van der Waals surface area contributed by atoms with Crippen LogP contribution in [0.1, 0.15) is 117 Å². The third-order valence-corrected chi connectivity index (χ3v) is 5.43. The van der Waals surface area contributed by atoms with E-state index in [-0.39, 0.29) is 25.2 Å². The van der Waals surface area contributed by atoms with Crippen LogP contribution in [-0.4, -0.2) is 47.4 Å². The first-order valence-corrected chi connectivity index (χ1v) is 12.3. The van der Waals surface area contributed by atoms with Gasteiger partial charge in [-0.3, -0.25) is 4.79 Å². The number of amides is 1. The first-order chi connectivity index (χ1) is 14.5. The van der Waals surface area contributed by atoms with Gasteiger partial charge in [0.1, 0.15) is 12.7 Å². The molecule has 0 aromatic rings. The number of hydrogen-bond acceptors (Lipinski definition) is 4. The molecular formula is C24H47NO5.